The number of alkyl halides is 1. The Balaban J connectivity index is 2.64. The average Bonchev–Trinajstić information content (AvgIpc) is 2.71. The minimum absolute atomic E-state index is 0.00124. The Bertz CT molecular complexity index is 1060. The first kappa shape index (κ1) is 25.5. The predicted molar refractivity (Wildman–Crippen MR) is 117 cm³/mol. The molecule has 1 aliphatic heterocycles. The topological polar surface area (TPSA) is 136 Å². The van der Waals surface area contributed by atoms with Crippen LogP contribution in [-0.4, -0.2) is 83.6 Å². The summed E-state index contributed by atoms with van der Waals surface area (Å²) in [4.78, 5) is 11.9. The van der Waals surface area contributed by atoms with E-state index in [1.165, 1.54) is 9.21 Å². The van der Waals surface area contributed by atoms with Gasteiger partial charge in [-0.3, -0.25) is 14.3 Å². The number of non-ortho nitro benzene ring substituents is 1. The largest absolute Gasteiger partial charge is 0.379 e. The van der Waals surface area contributed by atoms with Crippen LogP contribution in [0.2, 0.25) is 0 Å². The monoisotopic (exact) mass is 539 g/mol. The number of benzene rings is 1. The summed E-state index contributed by atoms with van der Waals surface area (Å²) in [6, 6.07) is 2.09. The van der Waals surface area contributed by atoms with E-state index in [1.54, 1.807) is 0 Å². The molecule has 1 aromatic rings. The van der Waals surface area contributed by atoms with Crippen molar-refractivity contribution < 1.29 is 30.7 Å². The lowest BCUT2D eigenvalue weighted by molar-refractivity contribution is -0.385. The molecular formula is C17H22BrN3O8S2. The normalized spacial score (nSPS) is 15.4. The highest BCUT2D eigenvalue weighted by molar-refractivity contribution is 9.09. The molecule has 14 heteroatoms. The van der Waals surface area contributed by atoms with Gasteiger partial charge in [0.1, 0.15) is 4.90 Å². The third-order valence-electron chi connectivity index (χ3n) is 4.34. The molecule has 11 nitrogen and oxygen atoms in total. The fourth-order valence-corrected chi connectivity index (χ4v) is 5.46. The lowest BCUT2D eigenvalue weighted by Crippen LogP contribution is -2.41. The van der Waals surface area contributed by atoms with Gasteiger partial charge in [-0.1, -0.05) is 21.9 Å². The second kappa shape index (κ2) is 10.7. The van der Waals surface area contributed by atoms with Crippen molar-refractivity contribution in [2.45, 2.75) is 4.90 Å². The van der Waals surface area contributed by atoms with Crippen molar-refractivity contribution >= 4 is 47.4 Å². The number of hydrogen-bond acceptors (Lipinski definition) is 9. The van der Waals surface area contributed by atoms with E-state index >= 15 is 0 Å². The molecule has 0 radical (unpaired) electrons. The Morgan fingerprint density at radius 3 is 2.45 bits per heavy atom. The molecule has 1 saturated heterocycles. The first-order chi connectivity index (χ1) is 14.5. The summed E-state index contributed by atoms with van der Waals surface area (Å²) < 4.78 is 60.6. The van der Waals surface area contributed by atoms with Crippen LogP contribution in [0.1, 0.15) is 5.56 Å². The number of halogens is 1. The molecule has 0 unspecified atom stereocenters. The van der Waals surface area contributed by atoms with Gasteiger partial charge in [-0.25, -0.2) is 8.42 Å². The number of rotatable bonds is 10. The molecule has 0 aliphatic carbocycles. The van der Waals surface area contributed by atoms with Gasteiger partial charge in [0.15, 0.2) is 0 Å². The van der Waals surface area contributed by atoms with E-state index in [9.17, 15) is 26.9 Å². The van der Waals surface area contributed by atoms with E-state index in [4.69, 9.17) is 15.3 Å². The van der Waals surface area contributed by atoms with Crippen LogP contribution in [0.25, 0.3) is 0 Å². The van der Waals surface area contributed by atoms with Gasteiger partial charge >= 0.3 is 0 Å². The molecule has 2 rings (SSSR count). The first-order valence-corrected chi connectivity index (χ1v) is 13.4. The van der Waals surface area contributed by atoms with Gasteiger partial charge in [-0.2, -0.15) is 12.7 Å². The van der Waals surface area contributed by atoms with Gasteiger partial charge in [0.25, 0.3) is 15.8 Å². The van der Waals surface area contributed by atoms with E-state index < -0.39 is 30.8 Å². The van der Waals surface area contributed by atoms with Crippen molar-refractivity contribution in [1.82, 2.24) is 4.31 Å². The van der Waals surface area contributed by atoms with Gasteiger partial charge in [-0.15, -0.1) is 6.42 Å². The van der Waals surface area contributed by atoms with Crippen molar-refractivity contribution in [1.29, 1.82) is 0 Å². The molecule has 0 aromatic heterocycles. The summed E-state index contributed by atoms with van der Waals surface area (Å²) >= 11 is 3.28. The third-order valence-corrected chi connectivity index (χ3v) is 7.20. The molecule has 172 valence electrons. The Hall–Kier alpha value is -1.76. The van der Waals surface area contributed by atoms with Gasteiger partial charge in [0, 0.05) is 43.6 Å². The number of terminal acetylenes is 1. The van der Waals surface area contributed by atoms with Gasteiger partial charge in [0.05, 0.1) is 42.3 Å². The molecule has 1 heterocycles. The lowest BCUT2D eigenvalue weighted by Gasteiger charge is -2.31. The van der Waals surface area contributed by atoms with Crippen molar-refractivity contribution in [2.75, 3.05) is 62.5 Å². The maximum atomic E-state index is 13.4. The summed E-state index contributed by atoms with van der Waals surface area (Å²) in [5, 5.41) is 11.8. The smallest absolute Gasteiger partial charge is 0.272 e. The van der Waals surface area contributed by atoms with E-state index in [1.807, 2.05) is 0 Å². The zero-order valence-electron chi connectivity index (χ0n) is 16.7. The SMILES string of the molecule is C#Cc1cc([N+](=O)[O-])cc(S(=O)(=O)N2CCOCC2)c1N(CCBr)CCOS(C)(=O)=O. The van der Waals surface area contributed by atoms with Crippen LogP contribution < -0.4 is 4.90 Å². The van der Waals surface area contributed by atoms with Crippen molar-refractivity contribution in [3.63, 3.8) is 0 Å². The van der Waals surface area contributed by atoms with Crippen LogP contribution in [0.15, 0.2) is 17.0 Å². The Labute approximate surface area is 189 Å². The lowest BCUT2D eigenvalue weighted by atomic mass is 10.1. The van der Waals surface area contributed by atoms with Crippen LogP contribution in [0, 0.1) is 22.5 Å². The van der Waals surface area contributed by atoms with Gasteiger partial charge in [0.2, 0.25) is 10.0 Å². The molecule has 0 atom stereocenters. The Morgan fingerprint density at radius 1 is 1.29 bits per heavy atom. The maximum Gasteiger partial charge on any atom is 0.272 e. The van der Waals surface area contributed by atoms with Crippen LogP contribution in [0.4, 0.5) is 11.4 Å². The summed E-state index contributed by atoms with van der Waals surface area (Å²) in [6.07, 6.45) is 6.47. The zero-order valence-corrected chi connectivity index (χ0v) is 19.9. The van der Waals surface area contributed by atoms with E-state index in [0.717, 1.165) is 18.4 Å². The van der Waals surface area contributed by atoms with Crippen LogP contribution in [-0.2, 0) is 29.1 Å². The molecular weight excluding hydrogens is 518 g/mol. The number of hydrogen-bond donors (Lipinski definition) is 0. The molecule has 0 saturated carbocycles. The number of morpholine rings is 1. The second-order valence-corrected chi connectivity index (χ2v) is 10.8. The number of nitrogens with zero attached hydrogens (tertiary/aromatic N) is 3. The number of sulfonamides is 1. The fourth-order valence-electron chi connectivity index (χ4n) is 2.99. The standard InChI is InChI=1S/C17H22BrN3O8S2/c1-3-14-12-15(21(22)23)13-16(31(26,27)20-7-9-28-10-8-20)17(14)19(5-4-18)6-11-29-30(2,24)25/h1,12-13H,4-11H2,2H3. The minimum atomic E-state index is -4.16. The molecule has 0 bridgehead atoms. The number of anilines is 1. The van der Waals surface area contributed by atoms with Crippen LogP contribution in [0.5, 0.6) is 0 Å². The Morgan fingerprint density at radius 2 is 1.94 bits per heavy atom. The third kappa shape index (κ3) is 6.61. The summed E-state index contributed by atoms with van der Waals surface area (Å²) in [6.45, 7) is 0.528. The van der Waals surface area contributed by atoms with Crippen LogP contribution in [0.3, 0.4) is 0 Å². The van der Waals surface area contributed by atoms with Crippen molar-refractivity contribution in [3.05, 3.63) is 27.8 Å². The summed E-state index contributed by atoms with van der Waals surface area (Å²) in [7, 11) is -7.88. The molecule has 31 heavy (non-hydrogen) atoms. The molecule has 1 aliphatic rings. The number of ether oxygens (including phenoxy) is 1. The minimum Gasteiger partial charge on any atom is -0.379 e. The average molecular weight is 540 g/mol. The van der Waals surface area contributed by atoms with Gasteiger partial charge in [-0.05, 0) is 0 Å². The first-order valence-electron chi connectivity index (χ1n) is 9.03. The predicted octanol–water partition coefficient (Wildman–Crippen LogP) is 0.775. The molecule has 0 spiro atoms. The molecule has 1 fully saturated rings. The number of nitro benzene ring substituents is 1. The highest BCUT2D eigenvalue weighted by Gasteiger charge is 2.33. The van der Waals surface area contributed by atoms with Crippen molar-refractivity contribution in [3.8, 4) is 12.3 Å². The second-order valence-electron chi connectivity index (χ2n) is 6.46. The summed E-state index contributed by atoms with van der Waals surface area (Å²) in [5.41, 5.74) is -0.382. The zero-order chi connectivity index (χ0) is 23.2. The number of nitro groups is 1. The molecule has 0 N–H and O–H groups in total. The quantitative estimate of drug-likeness (QED) is 0.139. The van der Waals surface area contributed by atoms with Crippen molar-refractivity contribution in [2.24, 2.45) is 0 Å². The maximum absolute atomic E-state index is 13.4. The summed E-state index contributed by atoms with van der Waals surface area (Å²) in [5.74, 6) is 2.32. The van der Waals surface area contributed by atoms with Crippen LogP contribution >= 0.6 is 15.9 Å². The van der Waals surface area contributed by atoms with E-state index in [0.29, 0.717) is 5.33 Å². The fraction of sp³-hybridized carbons (Fsp3) is 0.529. The van der Waals surface area contributed by atoms with Gasteiger partial charge < -0.3 is 9.64 Å². The molecule has 1 aromatic carbocycles. The highest BCUT2D eigenvalue weighted by atomic mass is 79.9. The highest BCUT2D eigenvalue weighted by Crippen LogP contribution is 2.35. The Kier molecular flexibility index (Phi) is 8.81. The molecule has 0 amide bonds. The van der Waals surface area contributed by atoms with E-state index in [2.05, 4.69) is 21.9 Å². The van der Waals surface area contributed by atoms with E-state index in [-0.39, 0.29) is 62.1 Å².